The molecule has 0 spiro atoms. The number of nitrogens with two attached hydrogens (primary N) is 1. The molecular formula is C21H18ClFN6S. The molecule has 2 N–H and O–H groups in total. The molecule has 6 nitrogen and oxygen atoms in total. The quantitative estimate of drug-likeness (QED) is 0.508. The minimum Gasteiger partial charge on any atom is -0.383 e. The maximum absolute atomic E-state index is 13.8. The molecule has 0 amide bonds. The second-order valence-corrected chi connectivity index (χ2v) is 8.62. The van der Waals surface area contributed by atoms with Crippen LogP contribution in [0, 0.1) is 5.82 Å². The van der Waals surface area contributed by atoms with Crippen molar-refractivity contribution in [3.63, 3.8) is 0 Å². The van der Waals surface area contributed by atoms with E-state index >= 15 is 0 Å². The van der Waals surface area contributed by atoms with Crippen LogP contribution in [-0.2, 0) is 0 Å². The van der Waals surface area contributed by atoms with E-state index in [1.54, 1.807) is 12.1 Å². The van der Waals surface area contributed by atoms with Crippen molar-refractivity contribution in [2.75, 3.05) is 35.2 Å². The molecule has 0 radical (unpaired) electrons. The first-order valence-corrected chi connectivity index (χ1v) is 11.0. The summed E-state index contributed by atoms with van der Waals surface area (Å²) in [5, 5.41) is 5.82. The van der Waals surface area contributed by atoms with Crippen LogP contribution in [0.15, 0.2) is 48.5 Å². The predicted molar refractivity (Wildman–Crippen MR) is 121 cm³/mol. The maximum atomic E-state index is 13.8. The van der Waals surface area contributed by atoms with Crippen LogP contribution in [0.2, 0.25) is 5.02 Å². The largest absolute Gasteiger partial charge is 0.383 e. The highest BCUT2D eigenvalue weighted by molar-refractivity contribution is 7.99. The van der Waals surface area contributed by atoms with Gasteiger partial charge in [0.2, 0.25) is 5.95 Å². The highest BCUT2D eigenvalue weighted by Crippen LogP contribution is 2.34. The van der Waals surface area contributed by atoms with Crippen molar-refractivity contribution < 1.29 is 4.39 Å². The summed E-state index contributed by atoms with van der Waals surface area (Å²) in [5.41, 5.74) is 8.96. The van der Waals surface area contributed by atoms with Crippen LogP contribution >= 0.6 is 23.4 Å². The van der Waals surface area contributed by atoms with Gasteiger partial charge in [-0.1, -0.05) is 29.8 Å². The Hall–Kier alpha value is -2.84. The van der Waals surface area contributed by atoms with E-state index in [1.165, 1.54) is 16.8 Å². The van der Waals surface area contributed by atoms with Gasteiger partial charge in [0.15, 0.2) is 5.65 Å². The summed E-state index contributed by atoms with van der Waals surface area (Å²) in [5.74, 6) is 2.65. The Bertz CT molecular complexity index is 1240. The molecule has 5 rings (SSSR count). The fraction of sp³-hybridized carbons (Fsp3) is 0.190. The van der Waals surface area contributed by atoms with Gasteiger partial charge in [-0.25, -0.2) is 14.1 Å². The van der Waals surface area contributed by atoms with Crippen LogP contribution in [0.25, 0.3) is 28.0 Å². The molecule has 0 aliphatic carbocycles. The fourth-order valence-corrected chi connectivity index (χ4v) is 4.65. The van der Waals surface area contributed by atoms with Crippen molar-refractivity contribution in [3.05, 3.63) is 59.4 Å². The van der Waals surface area contributed by atoms with Crippen molar-refractivity contribution in [1.82, 2.24) is 19.7 Å². The Balaban J connectivity index is 1.76. The van der Waals surface area contributed by atoms with Crippen LogP contribution in [-0.4, -0.2) is 44.3 Å². The number of thioether (sulfide) groups is 1. The Labute approximate surface area is 181 Å². The summed E-state index contributed by atoms with van der Waals surface area (Å²) < 4.78 is 15.3. The molecule has 0 saturated carbocycles. The highest BCUT2D eigenvalue weighted by Gasteiger charge is 2.22. The number of hydrogen-bond donors (Lipinski definition) is 1. The van der Waals surface area contributed by atoms with Crippen molar-refractivity contribution in [2.45, 2.75) is 0 Å². The first-order chi connectivity index (χ1) is 14.6. The molecule has 30 heavy (non-hydrogen) atoms. The molecule has 152 valence electrons. The fourth-order valence-electron chi connectivity index (χ4n) is 3.55. The van der Waals surface area contributed by atoms with Crippen molar-refractivity contribution >= 4 is 46.2 Å². The molecule has 1 saturated heterocycles. The van der Waals surface area contributed by atoms with E-state index in [0.717, 1.165) is 30.2 Å². The Morgan fingerprint density at radius 3 is 2.60 bits per heavy atom. The summed E-state index contributed by atoms with van der Waals surface area (Å²) in [7, 11) is 0. The van der Waals surface area contributed by atoms with E-state index in [9.17, 15) is 4.39 Å². The van der Waals surface area contributed by atoms with Crippen LogP contribution in [0.3, 0.4) is 0 Å². The van der Waals surface area contributed by atoms with E-state index in [1.807, 2.05) is 36.0 Å². The Morgan fingerprint density at radius 2 is 1.83 bits per heavy atom. The van der Waals surface area contributed by atoms with Crippen LogP contribution in [0.4, 0.5) is 16.2 Å². The third-order valence-corrected chi connectivity index (χ3v) is 6.18. The molecule has 0 unspecified atom stereocenters. The number of aromatic nitrogens is 4. The van der Waals surface area contributed by atoms with E-state index in [0.29, 0.717) is 39.2 Å². The summed E-state index contributed by atoms with van der Waals surface area (Å²) in [6.07, 6.45) is 0. The molecule has 1 aliphatic heterocycles. The van der Waals surface area contributed by atoms with Crippen LogP contribution in [0.1, 0.15) is 0 Å². The zero-order chi connectivity index (χ0) is 20.7. The maximum Gasteiger partial charge on any atom is 0.228 e. The number of benzene rings is 2. The van der Waals surface area contributed by atoms with Gasteiger partial charge in [-0.15, -0.1) is 5.10 Å². The van der Waals surface area contributed by atoms with Crippen LogP contribution in [0.5, 0.6) is 0 Å². The topological polar surface area (TPSA) is 72.9 Å². The van der Waals surface area contributed by atoms with Gasteiger partial charge < -0.3 is 10.6 Å². The molecule has 1 aliphatic rings. The number of anilines is 2. The molecular weight excluding hydrogens is 423 g/mol. The van der Waals surface area contributed by atoms with Gasteiger partial charge in [0.05, 0.1) is 16.8 Å². The lowest BCUT2D eigenvalue weighted by Gasteiger charge is -2.26. The molecule has 3 heterocycles. The van der Waals surface area contributed by atoms with Gasteiger partial charge in [0.1, 0.15) is 11.6 Å². The molecule has 0 bridgehead atoms. The normalized spacial score (nSPS) is 14.4. The first-order valence-electron chi connectivity index (χ1n) is 9.51. The van der Waals surface area contributed by atoms with Crippen molar-refractivity contribution in [1.29, 1.82) is 0 Å². The molecule has 1 fully saturated rings. The van der Waals surface area contributed by atoms with Crippen LogP contribution < -0.4 is 10.6 Å². The zero-order valence-corrected chi connectivity index (χ0v) is 17.5. The molecule has 2 aromatic carbocycles. The van der Waals surface area contributed by atoms with E-state index in [4.69, 9.17) is 27.3 Å². The average Bonchev–Trinajstić information content (AvgIpc) is 3.10. The lowest BCUT2D eigenvalue weighted by Crippen LogP contribution is -2.33. The standard InChI is InChI=1S/C21H18ClFN6S/c22-14-4-1-3-13(11-14)18-17-19(24)29(16-6-2-5-15(23)12-16)27-20(17)26-21(25-18)28-7-9-30-10-8-28/h1-6,11-12H,7-10,24H2. The molecule has 4 aromatic rings. The first kappa shape index (κ1) is 19.1. The van der Waals surface area contributed by atoms with Gasteiger partial charge >= 0.3 is 0 Å². The monoisotopic (exact) mass is 440 g/mol. The Morgan fingerprint density at radius 1 is 1.03 bits per heavy atom. The number of rotatable bonds is 3. The number of nitrogen functional groups attached to an aromatic ring is 1. The highest BCUT2D eigenvalue weighted by atomic mass is 35.5. The average molecular weight is 441 g/mol. The minimum absolute atomic E-state index is 0.353. The van der Waals surface area contributed by atoms with Gasteiger partial charge in [0.25, 0.3) is 0 Å². The zero-order valence-electron chi connectivity index (χ0n) is 15.9. The third-order valence-electron chi connectivity index (χ3n) is 5.00. The van der Waals surface area contributed by atoms with Crippen molar-refractivity contribution in [2.24, 2.45) is 0 Å². The number of hydrogen-bond acceptors (Lipinski definition) is 6. The van der Waals surface area contributed by atoms with Gasteiger partial charge in [0, 0.05) is 35.2 Å². The third kappa shape index (κ3) is 3.46. The lowest BCUT2D eigenvalue weighted by atomic mass is 10.1. The summed E-state index contributed by atoms with van der Waals surface area (Å²) in [6.45, 7) is 1.73. The summed E-state index contributed by atoms with van der Waals surface area (Å²) in [6, 6.07) is 13.6. The lowest BCUT2D eigenvalue weighted by molar-refractivity contribution is 0.625. The summed E-state index contributed by atoms with van der Waals surface area (Å²) in [4.78, 5) is 11.7. The van der Waals surface area contributed by atoms with E-state index in [2.05, 4.69) is 10.00 Å². The SMILES string of the molecule is Nc1c2c(-c3cccc(Cl)c3)nc(N3CCSCC3)nc2nn1-c1cccc(F)c1. The number of halogens is 2. The van der Waals surface area contributed by atoms with Gasteiger partial charge in [-0.2, -0.15) is 16.7 Å². The van der Waals surface area contributed by atoms with Gasteiger partial charge in [-0.05, 0) is 30.3 Å². The van der Waals surface area contributed by atoms with E-state index < -0.39 is 0 Å². The number of nitrogens with zero attached hydrogens (tertiary/aromatic N) is 5. The Kier molecular flexibility index (Phi) is 4.96. The second-order valence-electron chi connectivity index (χ2n) is 6.96. The minimum atomic E-state index is -0.362. The summed E-state index contributed by atoms with van der Waals surface area (Å²) >= 11 is 8.16. The van der Waals surface area contributed by atoms with Gasteiger partial charge in [-0.3, -0.25) is 0 Å². The molecule has 2 aromatic heterocycles. The second kappa shape index (κ2) is 7.77. The molecule has 9 heteroatoms. The van der Waals surface area contributed by atoms with Crippen molar-refractivity contribution in [3.8, 4) is 16.9 Å². The molecule has 0 atom stereocenters. The number of fused-ring (bicyclic) bond motifs is 1. The van der Waals surface area contributed by atoms with E-state index in [-0.39, 0.29) is 5.82 Å². The predicted octanol–water partition coefficient (Wildman–Crippen LogP) is 4.41. The smallest absolute Gasteiger partial charge is 0.228 e.